The van der Waals surface area contributed by atoms with Crippen LogP contribution in [0.2, 0.25) is 5.02 Å². The molecule has 0 bridgehead atoms. The number of halogens is 1. The van der Waals surface area contributed by atoms with Crippen LogP contribution >= 0.6 is 23.4 Å². The van der Waals surface area contributed by atoms with Crippen LogP contribution in [0.15, 0.2) is 58.5 Å². The van der Waals surface area contributed by atoms with E-state index >= 15 is 0 Å². The number of benzene rings is 2. The molecule has 4 nitrogen and oxygen atoms in total. The maximum atomic E-state index is 13.2. The number of aromatic nitrogens is 2. The average Bonchev–Trinajstić information content (AvgIpc) is 2.71. The highest BCUT2D eigenvalue weighted by atomic mass is 35.5. The molecule has 1 saturated heterocycles. The predicted octanol–water partition coefficient (Wildman–Crippen LogP) is 4.76. The summed E-state index contributed by atoms with van der Waals surface area (Å²) in [6, 6.07) is 15.1. The molecule has 6 heteroatoms. The Labute approximate surface area is 167 Å². The smallest absolute Gasteiger partial charge is 0.262 e. The van der Waals surface area contributed by atoms with Crippen LogP contribution in [0.4, 0.5) is 0 Å². The monoisotopic (exact) mass is 400 g/mol. The normalized spacial score (nSPS) is 17.3. The summed E-state index contributed by atoms with van der Waals surface area (Å²) in [4.78, 5) is 17.9. The summed E-state index contributed by atoms with van der Waals surface area (Å²) in [6.45, 7) is 1.23. The minimum Gasteiger partial charge on any atom is -0.377 e. The second-order valence-corrected chi connectivity index (χ2v) is 8.09. The van der Waals surface area contributed by atoms with Gasteiger partial charge in [0.25, 0.3) is 5.56 Å². The second-order valence-electron chi connectivity index (χ2n) is 6.69. The van der Waals surface area contributed by atoms with E-state index in [0.29, 0.717) is 22.1 Å². The minimum atomic E-state index is -0.0346. The van der Waals surface area contributed by atoms with E-state index in [-0.39, 0.29) is 11.7 Å². The maximum absolute atomic E-state index is 13.2. The van der Waals surface area contributed by atoms with Crippen molar-refractivity contribution in [3.63, 3.8) is 0 Å². The van der Waals surface area contributed by atoms with Crippen LogP contribution in [-0.2, 0) is 11.3 Å². The summed E-state index contributed by atoms with van der Waals surface area (Å²) >= 11 is 7.92. The van der Waals surface area contributed by atoms with Crippen LogP contribution in [-0.4, -0.2) is 28.0 Å². The molecule has 2 heterocycles. The molecule has 3 aromatic rings. The Balaban J connectivity index is 1.71. The fraction of sp³-hybridized carbons (Fsp3) is 0.333. The van der Waals surface area contributed by atoms with E-state index in [2.05, 4.69) is 0 Å². The highest BCUT2D eigenvalue weighted by molar-refractivity contribution is 7.99. The average molecular weight is 401 g/mol. The van der Waals surface area contributed by atoms with Gasteiger partial charge in [0, 0.05) is 17.4 Å². The first kappa shape index (κ1) is 18.5. The molecule has 0 saturated carbocycles. The molecule has 1 fully saturated rings. The van der Waals surface area contributed by atoms with E-state index in [1.165, 1.54) is 6.42 Å². The lowest BCUT2D eigenvalue weighted by Crippen LogP contribution is -2.26. The van der Waals surface area contributed by atoms with E-state index in [4.69, 9.17) is 21.3 Å². The van der Waals surface area contributed by atoms with Gasteiger partial charge in [0.2, 0.25) is 0 Å². The number of ether oxygens (including phenoxy) is 1. The number of fused-ring (bicyclic) bond motifs is 1. The maximum Gasteiger partial charge on any atom is 0.262 e. The Bertz CT molecular complexity index is 999. The molecule has 4 rings (SSSR count). The van der Waals surface area contributed by atoms with Crippen LogP contribution in [0.25, 0.3) is 10.9 Å². The van der Waals surface area contributed by atoms with Crippen LogP contribution in [0.5, 0.6) is 0 Å². The molecule has 0 radical (unpaired) electrons. The molecule has 27 heavy (non-hydrogen) atoms. The Morgan fingerprint density at radius 2 is 1.96 bits per heavy atom. The zero-order valence-electron chi connectivity index (χ0n) is 14.9. The summed E-state index contributed by atoms with van der Waals surface area (Å²) in [5.41, 5.74) is 1.60. The summed E-state index contributed by atoms with van der Waals surface area (Å²) < 4.78 is 7.57. The van der Waals surface area contributed by atoms with Gasteiger partial charge in [-0.2, -0.15) is 0 Å². The minimum absolute atomic E-state index is 0.0346. The van der Waals surface area contributed by atoms with Crippen molar-refractivity contribution in [3.8, 4) is 0 Å². The van der Waals surface area contributed by atoms with Crippen LogP contribution < -0.4 is 5.56 Å². The highest BCUT2D eigenvalue weighted by Crippen LogP contribution is 2.25. The molecule has 0 spiro atoms. The molecular weight excluding hydrogens is 380 g/mol. The second kappa shape index (κ2) is 8.46. The molecule has 0 N–H and O–H groups in total. The van der Waals surface area contributed by atoms with Crippen molar-refractivity contribution < 1.29 is 4.74 Å². The van der Waals surface area contributed by atoms with Crippen molar-refractivity contribution in [2.24, 2.45) is 0 Å². The van der Waals surface area contributed by atoms with Crippen LogP contribution in [0.1, 0.15) is 24.8 Å². The molecule has 2 aromatic carbocycles. The quantitative estimate of drug-likeness (QED) is 0.457. The van der Waals surface area contributed by atoms with E-state index in [0.717, 1.165) is 36.3 Å². The van der Waals surface area contributed by atoms with Gasteiger partial charge in [-0.25, -0.2) is 4.98 Å². The topological polar surface area (TPSA) is 44.1 Å². The molecule has 0 amide bonds. The number of nitrogens with zero attached hydrogens (tertiary/aromatic N) is 2. The van der Waals surface area contributed by atoms with Crippen molar-refractivity contribution in [2.75, 3.05) is 12.4 Å². The van der Waals surface area contributed by atoms with Gasteiger partial charge in [-0.3, -0.25) is 9.36 Å². The van der Waals surface area contributed by atoms with Gasteiger partial charge >= 0.3 is 0 Å². The zero-order valence-corrected chi connectivity index (χ0v) is 16.5. The van der Waals surface area contributed by atoms with Gasteiger partial charge in [-0.05, 0) is 43.0 Å². The standard InChI is InChI=1S/C21H21ClN2O2S/c22-18-10-3-1-7-15(18)13-24-20(25)17-9-2-4-11-19(17)23-21(24)27-14-16-8-5-6-12-26-16/h1-4,7,9-11,16H,5-6,8,12-14H2/t16-/m0/s1. The van der Waals surface area contributed by atoms with Crippen molar-refractivity contribution >= 4 is 34.3 Å². The molecule has 0 aliphatic carbocycles. The molecule has 1 atom stereocenters. The van der Waals surface area contributed by atoms with Gasteiger partial charge < -0.3 is 4.74 Å². The van der Waals surface area contributed by atoms with Crippen LogP contribution in [0.3, 0.4) is 0 Å². The van der Waals surface area contributed by atoms with Gasteiger partial charge in [-0.1, -0.05) is 53.7 Å². The van der Waals surface area contributed by atoms with E-state index in [9.17, 15) is 4.79 Å². The number of thioether (sulfide) groups is 1. The third kappa shape index (κ3) is 4.21. The van der Waals surface area contributed by atoms with Crippen LogP contribution in [0, 0.1) is 0 Å². The van der Waals surface area contributed by atoms with Crippen molar-refractivity contribution in [1.82, 2.24) is 9.55 Å². The molecule has 1 aliphatic heterocycles. The Hall–Kier alpha value is -1.82. The van der Waals surface area contributed by atoms with Crippen molar-refractivity contribution in [3.05, 3.63) is 69.5 Å². The lowest BCUT2D eigenvalue weighted by molar-refractivity contribution is 0.0315. The summed E-state index contributed by atoms with van der Waals surface area (Å²) in [6.07, 6.45) is 3.62. The van der Waals surface area contributed by atoms with Gasteiger partial charge in [-0.15, -0.1) is 0 Å². The molecule has 0 unspecified atom stereocenters. The van der Waals surface area contributed by atoms with E-state index in [1.54, 1.807) is 16.3 Å². The Morgan fingerprint density at radius 3 is 2.78 bits per heavy atom. The molecular formula is C21H21ClN2O2S. The fourth-order valence-corrected chi connectivity index (χ4v) is 4.56. The number of para-hydroxylation sites is 1. The molecule has 140 valence electrons. The zero-order chi connectivity index (χ0) is 18.6. The fourth-order valence-electron chi connectivity index (χ4n) is 3.30. The summed E-state index contributed by atoms with van der Waals surface area (Å²) in [5, 5.41) is 2.00. The highest BCUT2D eigenvalue weighted by Gasteiger charge is 2.18. The largest absolute Gasteiger partial charge is 0.377 e. The predicted molar refractivity (Wildman–Crippen MR) is 111 cm³/mol. The summed E-state index contributed by atoms with van der Waals surface area (Å²) in [5.74, 6) is 0.799. The number of rotatable bonds is 5. The number of hydrogen-bond donors (Lipinski definition) is 0. The van der Waals surface area contributed by atoms with Gasteiger partial charge in [0.1, 0.15) is 0 Å². The first-order chi connectivity index (χ1) is 13.2. The molecule has 1 aliphatic rings. The lowest BCUT2D eigenvalue weighted by atomic mass is 10.1. The van der Waals surface area contributed by atoms with Crippen molar-refractivity contribution in [1.29, 1.82) is 0 Å². The SMILES string of the molecule is O=c1c2ccccc2nc(SC[C@@H]2CCCCO2)n1Cc1ccccc1Cl. The Kier molecular flexibility index (Phi) is 5.81. The summed E-state index contributed by atoms with van der Waals surface area (Å²) in [7, 11) is 0. The third-order valence-electron chi connectivity index (χ3n) is 4.79. The van der Waals surface area contributed by atoms with E-state index < -0.39 is 0 Å². The van der Waals surface area contributed by atoms with Gasteiger partial charge in [0.15, 0.2) is 5.16 Å². The van der Waals surface area contributed by atoms with E-state index in [1.807, 2.05) is 48.5 Å². The van der Waals surface area contributed by atoms with Crippen molar-refractivity contribution in [2.45, 2.75) is 37.1 Å². The first-order valence-electron chi connectivity index (χ1n) is 9.20. The third-order valence-corrected chi connectivity index (χ3v) is 6.26. The Morgan fingerprint density at radius 1 is 1.15 bits per heavy atom. The first-order valence-corrected chi connectivity index (χ1v) is 10.6. The molecule has 1 aromatic heterocycles. The van der Waals surface area contributed by atoms with Gasteiger partial charge in [0.05, 0.1) is 23.6 Å². The lowest BCUT2D eigenvalue weighted by Gasteiger charge is -2.22. The number of hydrogen-bond acceptors (Lipinski definition) is 4.